The molecule has 0 spiro atoms. The second-order valence-corrected chi connectivity index (χ2v) is 3.95. The Morgan fingerprint density at radius 3 is 2.72 bits per heavy atom. The van der Waals surface area contributed by atoms with Crippen molar-refractivity contribution in [2.75, 3.05) is 7.11 Å². The van der Waals surface area contributed by atoms with Crippen LogP contribution in [-0.2, 0) is 6.42 Å². The van der Waals surface area contributed by atoms with E-state index in [-0.39, 0.29) is 5.82 Å². The first-order valence-electron chi connectivity index (χ1n) is 5.60. The van der Waals surface area contributed by atoms with Crippen molar-refractivity contribution in [1.29, 1.82) is 0 Å². The van der Waals surface area contributed by atoms with Crippen LogP contribution in [0, 0.1) is 5.82 Å². The molecule has 0 aliphatic heterocycles. The molecule has 0 unspecified atom stereocenters. The lowest BCUT2D eigenvalue weighted by Crippen LogP contribution is -1.99. The molecule has 2 nitrogen and oxygen atoms in total. The number of rotatable bonds is 4. The van der Waals surface area contributed by atoms with Crippen molar-refractivity contribution in [3.05, 3.63) is 65.0 Å². The molecule has 0 atom stereocenters. The molecule has 0 aromatic heterocycles. The Bertz CT molecular complexity index is 564. The largest absolute Gasteiger partial charge is 0.497 e. The first-order chi connectivity index (χ1) is 8.74. The molecular formula is C15H13FO2. The highest BCUT2D eigenvalue weighted by molar-refractivity contribution is 5.77. The van der Waals surface area contributed by atoms with Gasteiger partial charge in [0.25, 0.3) is 0 Å². The number of aldehydes is 1. The third kappa shape index (κ3) is 2.56. The summed E-state index contributed by atoms with van der Waals surface area (Å²) in [5.74, 6) is 0.360. The third-order valence-corrected chi connectivity index (χ3v) is 2.80. The summed E-state index contributed by atoms with van der Waals surface area (Å²) in [5, 5.41) is 0. The van der Waals surface area contributed by atoms with Gasteiger partial charge in [0, 0.05) is 17.5 Å². The monoisotopic (exact) mass is 244 g/mol. The quantitative estimate of drug-likeness (QED) is 0.772. The molecule has 0 amide bonds. The lowest BCUT2D eigenvalue weighted by molar-refractivity contribution is 0.112. The van der Waals surface area contributed by atoms with Gasteiger partial charge in [-0.25, -0.2) is 4.39 Å². The van der Waals surface area contributed by atoms with E-state index >= 15 is 0 Å². The Kier molecular flexibility index (Phi) is 3.72. The molecule has 0 heterocycles. The van der Waals surface area contributed by atoms with E-state index in [0.717, 1.165) is 11.3 Å². The fraction of sp³-hybridized carbons (Fsp3) is 0.133. The molecule has 0 bridgehead atoms. The van der Waals surface area contributed by atoms with E-state index in [1.165, 1.54) is 12.1 Å². The van der Waals surface area contributed by atoms with Crippen LogP contribution in [0.1, 0.15) is 21.5 Å². The van der Waals surface area contributed by atoms with Crippen LogP contribution in [0.2, 0.25) is 0 Å². The second-order valence-electron chi connectivity index (χ2n) is 3.95. The van der Waals surface area contributed by atoms with E-state index in [1.807, 2.05) is 24.3 Å². The van der Waals surface area contributed by atoms with Crippen LogP contribution < -0.4 is 4.74 Å². The van der Waals surface area contributed by atoms with Gasteiger partial charge in [0.05, 0.1) is 7.11 Å². The number of hydrogen-bond donors (Lipinski definition) is 0. The van der Waals surface area contributed by atoms with E-state index in [4.69, 9.17) is 4.74 Å². The maximum absolute atomic E-state index is 13.7. The molecule has 0 aliphatic carbocycles. The Morgan fingerprint density at radius 2 is 2.00 bits per heavy atom. The van der Waals surface area contributed by atoms with Crippen LogP contribution in [0.15, 0.2) is 42.5 Å². The van der Waals surface area contributed by atoms with Crippen molar-refractivity contribution >= 4 is 6.29 Å². The molecule has 0 saturated carbocycles. The average Bonchev–Trinajstić information content (AvgIpc) is 2.41. The van der Waals surface area contributed by atoms with Crippen molar-refractivity contribution in [3.8, 4) is 5.75 Å². The predicted molar refractivity (Wildman–Crippen MR) is 67.6 cm³/mol. The summed E-state index contributed by atoms with van der Waals surface area (Å²) in [5.41, 5.74) is 1.71. The highest BCUT2D eigenvalue weighted by Gasteiger charge is 2.09. The lowest BCUT2D eigenvalue weighted by Gasteiger charge is -2.08. The van der Waals surface area contributed by atoms with Crippen molar-refractivity contribution in [2.24, 2.45) is 0 Å². The summed E-state index contributed by atoms with van der Waals surface area (Å²) >= 11 is 0. The highest BCUT2D eigenvalue weighted by Crippen LogP contribution is 2.20. The number of halogens is 1. The topological polar surface area (TPSA) is 26.3 Å². The Hall–Kier alpha value is -2.16. The first kappa shape index (κ1) is 12.3. The number of hydrogen-bond acceptors (Lipinski definition) is 2. The zero-order valence-corrected chi connectivity index (χ0v) is 10.0. The van der Waals surface area contributed by atoms with E-state index in [0.29, 0.717) is 23.8 Å². The van der Waals surface area contributed by atoms with E-state index in [2.05, 4.69) is 0 Å². The second kappa shape index (κ2) is 5.45. The van der Waals surface area contributed by atoms with Crippen molar-refractivity contribution in [2.45, 2.75) is 6.42 Å². The molecule has 0 saturated heterocycles. The van der Waals surface area contributed by atoms with Gasteiger partial charge < -0.3 is 4.74 Å². The number of ether oxygens (including phenoxy) is 1. The molecule has 0 N–H and O–H groups in total. The van der Waals surface area contributed by atoms with Crippen LogP contribution in [0.4, 0.5) is 4.39 Å². The highest BCUT2D eigenvalue weighted by atomic mass is 19.1. The summed E-state index contributed by atoms with van der Waals surface area (Å²) in [6.45, 7) is 0. The molecule has 3 heteroatoms. The van der Waals surface area contributed by atoms with E-state index in [9.17, 15) is 9.18 Å². The van der Waals surface area contributed by atoms with Gasteiger partial charge in [0.15, 0.2) is 0 Å². The van der Waals surface area contributed by atoms with Crippen LogP contribution in [-0.4, -0.2) is 13.4 Å². The van der Waals surface area contributed by atoms with Crippen molar-refractivity contribution in [1.82, 2.24) is 0 Å². The molecule has 18 heavy (non-hydrogen) atoms. The predicted octanol–water partition coefficient (Wildman–Crippen LogP) is 3.24. The first-order valence-corrected chi connectivity index (χ1v) is 5.60. The summed E-state index contributed by atoms with van der Waals surface area (Å²) in [6.07, 6.45) is 1.05. The van der Waals surface area contributed by atoms with Gasteiger partial charge in [-0.1, -0.05) is 24.3 Å². The fourth-order valence-corrected chi connectivity index (χ4v) is 1.86. The van der Waals surface area contributed by atoms with Crippen LogP contribution in [0.5, 0.6) is 5.75 Å². The normalized spacial score (nSPS) is 10.1. The van der Waals surface area contributed by atoms with Crippen LogP contribution in [0.3, 0.4) is 0 Å². The number of benzene rings is 2. The SMILES string of the molecule is COc1cccc(Cc2c(F)cccc2C=O)c1. The van der Waals surface area contributed by atoms with Gasteiger partial charge in [-0.2, -0.15) is 0 Å². The third-order valence-electron chi connectivity index (χ3n) is 2.80. The van der Waals surface area contributed by atoms with Gasteiger partial charge in [-0.3, -0.25) is 4.79 Å². The minimum absolute atomic E-state index is 0.359. The Labute approximate surface area is 105 Å². The average molecular weight is 244 g/mol. The van der Waals surface area contributed by atoms with Gasteiger partial charge in [0.1, 0.15) is 17.9 Å². The molecular weight excluding hydrogens is 231 g/mol. The molecule has 0 radical (unpaired) electrons. The smallest absolute Gasteiger partial charge is 0.150 e. The van der Waals surface area contributed by atoms with Crippen molar-refractivity contribution in [3.63, 3.8) is 0 Å². The Balaban J connectivity index is 2.36. The Morgan fingerprint density at radius 1 is 1.22 bits per heavy atom. The zero-order valence-electron chi connectivity index (χ0n) is 10.0. The van der Waals surface area contributed by atoms with Gasteiger partial charge >= 0.3 is 0 Å². The molecule has 2 rings (SSSR count). The molecule has 2 aromatic rings. The zero-order chi connectivity index (χ0) is 13.0. The summed E-state index contributed by atoms with van der Waals surface area (Å²) in [7, 11) is 1.58. The minimum Gasteiger partial charge on any atom is -0.497 e. The van der Waals surface area contributed by atoms with E-state index < -0.39 is 0 Å². The molecule has 2 aromatic carbocycles. The molecule has 0 fully saturated rings. The summed E-state index contributed by atoms with van der Waals surface area (Å²) in [6, 6.07) is 11.9. The van der Waals surface area contributed by atoms with E-state index in [1.54, 1.807) is 13.2 Å². The standard InChI is InChI=1S/C15H13FO2/c1-18-13-6-2-4-11(8-13)9-14-12(10-17)5-3-7-15(14)16/h2-8,10H,9H2,1H3. The number of methoxy groups -OCH3 is 1. The molecule has 92 valence electrons. The summed E-state index contributed by atoms with van der Waals surface area (Å²) in [4.78, 5) is 10.9. The fourth-order valence-electron chi connectivity index (χ4n) is 1.86. The maximum Gasteiger partial charge on any atom is 0.150 e. The summed E-state index contributed by atoms with van der Waals surface area (Å²) < 4.78 is 18.8. The maximum atomic E-state index is 13.7. The molecule has 0 aliphatic rings. The number of carbonyl (C=O) groups excluding carboxylic acids is 1. The van der Waals surface area contributed by atoms with Crippen molar-refractivity contribution < 1.29 is 13.9 Å². The minimum atomic E-state index is -0.359. The van der Waals surface area contributed by atoms with Gasteiger partial charge in [-0.05, 0) is 23.8 Å². The van der Waals surface area contributed by atoms with Gasteiger partial charge in [-0.15, -0.1) is 0 Å². The van der Waals surface area contributed by atoms with Gasteiger partial charge in [0.2, 0.25) is 0 Å². The van der Waals surface area contributed by atoms with Crippen LogP contribution in [0.25, 0.3) is 0 Å². The number of carbonyl (C=O) groups is 1. The van der Waals surface area contributed by atoms with Crippen LogP contribution >= 0.6 is 0 Å². The lowest BCUT2D eigenvalue weighted by atomic mass is 10.00.